The molecule has 29 heavy (non-hydrogen) atoms. The van der Waals surface area contributed by atoms with Gasteiger partial charge in [-0.3, -0.25) is 4.79 Å². The van der Waals surface area contributed by atoms with E-state index in [1.807, 2.05) is 48.9 Å². The summed E-state index contributed by atoms with van der Waals surface area (Å²) in [6.07, 6.45) is 2.13. The van der Waals surface area contributed by atoms with E-state index < -0.39 is 15.4 Å². The highest BCUT2D eigenvalue weighted by atomic mass is 32.2. The van der Waals surface area contributed by atoms with Crippen LogP contribution in [0, 0.1) is 30.6 Å². The van der Waals surface area contributed by atoms with Crippen molar-refractivity contribution < 1.29 is 13.2 Å². The topological polar surface area (TPSA) is 81.1 Å². The molecule has 0 amide bonds. The molecule has 4 rings (SSSR count). The Morgan fingerprint density at radius 2 is 1.90 bits per heavy atom. The minimum Gasteiger partial charge on any atom is -0.299 e. The molecule has 2 aliphatic carbocycles. The average molecular weight is 416 g/mol. The molecule has 0 radical (unpaired) electrons. The van der Waals surface area contributed by atoms with Crippen molar-refractivity contribution in [2.75, 3.05) is 5.75 Å². The second-order valence-corrected chi connectivity index (χ2v) is 11.0. The van der Waals surface area contributed by atoms with Crippen LogP contribution in [-0.2, 0) is 21.4 Å². The van der Waals surface area contributed by atoms with Gasteiger partial charge in [0.15, 0.2) is 0 Å². The van der Waals surface area contributed by atoms with Crippen molar-refractivity contribution in [3.8, 4) is 5.69 Å². The molecule has 2 unspecified atom stereocenters. The lowest BCUT2D eigenvalue weighted by molar-refractivity contribution is -0.128. The predicted molar refractivity (Wildman–Crippen MR) is 112 cm³/mol. The van der Waals surface area contributed by atoms with E-state index in [1.54, 1.807) is 0 Å². The summed E-state index contributed by atoms with van der Waals surface area (Å²) in [5, 5.41) is 4.58. The lowest BCUT2D eigenvalue weighted by Crippen LogP contribution is -2.45. The maximum atomic E-state index is 13.0. The van der Waals surface area contributed by atoms with Gasteiger partial charge >= 0.3 is 0 Å². The molecule has 1 aromatic heterocycles. The van der Waals surface area contributed by atoms with Crippen molar-refractivity contribution >= 4 is 15.8 Å². The number of hydrogen-bond acceptors (Lipinski definition) is 4. The third-order valence-electron chi connectivity index (χ3n) is 7.49. The summed E-state index contributed by atoms with van der Waals surface area (Å²) in [7, 11) is -3.61. The van der Waals surface area contributed by atoms with E-state index in [2.05, 4.69) is 23.7 Å². The molecule has 0 aliphatic heterocycles. The number of sulfonamides is 1. The van der Waals surface area contributed by atoms with Gasteiger partial charge in [-0.2, -0.15) is 5.10 Å². The van der Waals surface area contributed by atoms with E-state index in [1.165, 1.54) is 0 Å². The number of fused-ring (bicyclic) bond motifs is 2. The summed E-state index contributed by atoms with van der Waals surface area (Å²) < 4.78 is 30.6. The molecule has 7 heteroatoms. The molecule has 2 aromatic rings. The molecule has 156 valence electrons. The highest BCUT2D eigenvalue weighted by molar-refractivity contribution is 7.89. The number of Topliss-reactive ketones (excluding diaryl/α,β-unsaturated/α-hetero) is 1. The van der Waals surface area contributed by atoms with Crippen LogP contribution >= 0.6 is 0 Å². The van der Waals surface area contributed by atoms with E-state index in [-0.39, 0.29) is 23.5 Å². The number of para-hydroxylation sites is 1. The van der Waals surface area contributed by atoms with E-state index >= 15 is 0 Å². The Bertz CT molecular complexity index is 1060. The monoisotopic (exact) mass is 415 g/mol. The van der Waals surface area contributed by atoms with Crippen LogP contribution in [0.25, 0.3) is 5.69 Å². The number of benzene rings is 1. The van der Waals surface area contributed by atoms with Crippen molar-refractivity contribution in [2.45, 2.75) is 53.5 Å². The van der Waals surface area contributed by atoms with Gasteiger partial charge in [0.1, 0.15) is 5.78 Å². The smallest absolute Gasteiger partial charge is 0.212 e. The highest BCUT2D eigenvalue weighted by Crippen LogP contribution is 2.64. The van der Waals surface area contributed by atoms with Gasteiger partial charge in [0.2, 0.25) is 10.0 Å². The Labute approximate surface area is 172 Å². The average Bonchev–Trinajstić information content (AvgIpc) is 3.15. The summed E-state index contributed by atoms with van der Waals surface area (Å²) in [5.41, 5.74) is 2.51. The molecule has 2 atom stereocenters. The Kier molecular flexibility index (Phi) is 4.74. The van der Waals surface area contributed by atoms with Crippen LogP contribution in [0.1, 0.15) is 50.1 Å². The van der Waals surface area contributed by atoms with Crippen LogP contribution in [0.3, 0.4) is 0 Å². The van der Waals surface area contributed by atoms with Gasteiger partial charge in [0, 0.05) is 29.6 Å². The van der Waals surface area contributed by atoms with Gasteiger partial charge < -0.3 is 0 Å². The van der Waals surface area contributed by atoms with Crippen molar-refractivity contribution in [3.63, 3.8) is 0 Å². The summed E-state index contributed by atoms with van der Waals surface area (Å²) >= 11 is 0. The Hall–Kier alpha value is -1.99. The number of ketones is 1. The molecule has 2 aliphatic rings. The number of nitrogens with zero attached hydrogens (tertiary/aromatic N) is 2. The normalized spacial score (nSPS) is 25.7. The number of nitrogens with one attached hydrogen (secondary N) is 1. The molecule has 1 aromatic carbocycles. The first kappa shape index (κ1) is 20.3. The predicted octanol–water partition coefficient (Wildman–Crippen LogP) is 3.30. The zero-order valence-corrected chi connectivity index (χ0v) is 18.3. The van der Waals surface area contributed by atoms with Crippen LogP contribution in [0.4, 0.5) is 0 Å². The van der Waals surface area contributed by atoms with E-state index in [9.17, 15) is 13.2 Å². The molecule has 2 bridgehead atoms. The van der Waals surface area contributed by atoms with Crippen LogP contribution in [-0.4, -0.2) is 29.7 Å². The molecule has 6 nitrogen and oxygen atoms in total. The summed E-state index contributed by atoms with van der Waals surface area (Å²) in [5.74, 6) is 0.306. The Balaban J connectivity index is 1.54. The second-order valence-electron chi connectivity index (χ2n) is 9.14. The largest absolute Gasteiger partial charge is 0.299 e. The maximum absolute atomic E-state index is 13.0. The third kappa shape index (κ3) is 3.15. The van der Waals surface area contributed by atoms with Crippen LogP contribution in [0.2, 0.25) is 0 Å². The first-order chi connectivity index (χ1) is 13.6. The molecular weight excluding hydrogens is 386 g/mol. The van der Waals surface area contributed by atoms with Gasteiger partial charge in [0.25, 0.3) is 0 Å². The molecule has 1 N–H and O–H groups in total. The molecule has 0 saturated heterocycles. The Morgan fingerprint density at radius 1 is 1.21 bits per heavy atom. The SMILES string of the molecule is Cc1nn(-c2ccccc2)c(C)c1CNS(=O)(=O)CC12CCC(CC1=O)C2(C)C. The lowest BCUT2D eigenvalue weighted by Gasteiger charge is -2.36. The molecule has 0 spiro atoms. The fourth-order valence-electron chi connectivity index (χ4n) is 5.42. The van der Waals surface area contributed by atoms with Crippen molar-refractivity contribution in [1.29, 1.82) is 0 Å². The summed E-state index contributed by atoms with van der Waals surface area (Å²) in [6, 6.07) is 9.78. The van der Waals surface area contributed by atoms with E-state index in [0.717, 1.165) is 29.1 Å². The molecule has 2 saturated carbocycles. The number of rotatable bonds is 6. The van der Waals surface area contributed by atoms with E-state index in [0.29, 0.717) is 18.8 Å². The minimum absolute atomic E-state index is 0.118. The molecule has 2 fully saturated rings. The summed E-state index contributed by atoms with van der Waals surface area (Å²) in [6.45, 7) is 8.13. The molecular formula is C22H29N3O3S. The minimum atomic E-state index is -3.61. The van der Waals surface area contributed by atoms with Gasteiger partial charge in [-0.25, -0.2) is 17.8 Å². The first-order valence-electron chi connectivity index (χ1n) is 10.2. The van der Waals surface area contributed by atoms with Gasteiger partial charge in [-0.1, -0.05) is 32.0 Å². The van der Waals surface area contributed by atoms with Gasteiger partial charge in [-0.05, 0) is 50.2 Å². The van der Waals surface area contributed by atoms with Gasteiger partial charge in [0.05, 0.1) is 17.1 Å². The van der Waals surface area contributed by atoms with Crippen molar-refractivity contribution in [1.82, 2.24) is 14.5 Å². The number of carbonyl (C=O) groups excluding carboxylic acids is 1. The number of aromatic nitrogens is 2. The highest BCUT2D eigenvalue weighted by Gasteiger charge is 2.65. The first-order valence-corrected chi connectivity index (χ1v) is 11.8. The quantitative estimate of drug-likeness (QED) is 0.785. The van der Waals surface area contributed by atoms with Crippen LogP contribution < -0.4 is 4.72 Å². The van der Waals surface area contributed by atoms with Crippen molar-refractivity contribution in [3.05, 3.63) is 47.3 Å². The fraction of sp³-hybridized carbons (Fsp3) is 0.545. The number of aryl methyl sites for hydroxylation is 1. The van der Waals surface area contributed by atoms with E-state index in [4.69, 9.17) is 0 Å². The maximum Gasteiger partial charge on any atom is 0.212 e. The number of carbonyl (C=O) groups is 1. The third-order valence-corrected chi connectivity index (χ3v) is 8.94. The molecule has 1 heterocycles. The van der Waals surface area contributed by atoms with Gasteiger partial charge in [-0.15, -0.1) is 0 Å². The fourth-order valence-corrected chi connectivity index (χ4v) is 7.21. The lowest BCUT2D eigenvalue weighted by atomic mass is 9.70. The van der Waals surface area contributed by atoms with Crippen molar-refractivity contribution in [2.24, 2.45) is 16.7 Å². The Morgan fingerprint density at radius 3 is 2.48 bits per heavy atom. The number of hydrogen-bond donors (Lipinski definition) is 1. The summed E-state index contributed by atoms with van der Waals surface area (Å²) in [4.78, 5) is 12.7. The second kappa shape index (κ2) is 6.77. The van der Waals surface area contributed by atoms with Crippen LogP contribution in [0.15, 0.2) is 30.3 Å². The standard InChI is InChI=1S/C22H29N3O3S/c1-15-19(16(2)25(24-15)18-8-6-5-7-9-18)13-23-29(27,28)14-22-11-10-17(12-20(22)26)21(22,3)4/h5-9,17,23H,10-14H2,1-4H3. The zero-order valence-electron chi connectivity index (χ0n) is 17.5. The van der Waals surface area contributed by atoms with Crippen LogP contribution in [0.5, 0.6) is 0 Å². The zero-order chi connectivity index (χ0) is 21.0.